The molecule has 0 bridgehead atoms. The Morgan fingerprint density at radius 3 is 0.879 bits per heavy atom. The normalized spacial score (nSPS) is 12.2. The van der Waals surface area contributed by atoms with Gasteiger partial charge in [-0.25, -0.2) is 0 Å². The molecule has 0 rings (SSSR count). The minimum Gasteiger partial charge on any atom is -0.462 e. The molecule has 1 unspecified atom stereocenters. The van der Waals surface area contributed by atoms with Gasteiger partial charge in [0.15, 0.2) is 6.10 Å². The van der Waals surface area contributed by atoms with E-state index in [2.05, 4.69) is 57.2 Å². The molecule has 0 aliphatic heterocycles. The SMILES string of the molecule is CCCCC/C=C\C/C=C\CCCCCCCCCCCC(=O)OCC(COC(=O)CCCCCCCCCCCCCCC)OC(=O)CCCCCCC/C=C\CCCCCCCCC. The van der Waals surface area contributed by atoms with Gasteiger partial charge in [0.05, 0.1) is 0 Å². The van der Waals surface area contributed by atoms with Crippen molar-refractivity contribution in [3.63, 3.8) is 0 Å². The topological polar surface area (TPSA) is 78.9 Å². The molecule has 0 aromatic heterocycles. The van der Waals surface area contributed by atoms with Gasteiger partial charge in [0.2, 0.25) is 0 Å². The van der Waals surface area contributed by atoms with Crippen LogP contribution in [-0.4, -0.2) is 37.2 Å². The molecule has 0 aromatic carbocycles. The lowest BCUT2D eigenvalue weighted by molar-refractivity contribution is -0.167. The third-order valence-corrected chi connectivity index (χ3v) is 12.9. The van der Waals surface area contributed by atoms with Crippen LogP contribution in [0, 0.1) is 0 Å². The van der Waals surface area contributed by atoms with Crippen LogP contribution in [0.5, 0.6) is 0 Å². The van der Waals surface area contributed by atoms with Gasteiger partial charge < -0.3 is 14.2 Å². The first-order chi connectivity index (χ1) is 32.5. The number of carbonyl (C=O) groups excluding carboxylic acids is 3. The van der Waals surface area contributed by atoms with Crippen LogP contribution in [0.15, 0.2) is 36.5 Å². The van der Waals surface area contributed by atoms with E-state index >= 15 is 0 Å². The summed E-state index contributed by atoms with van der Waals surface area (Å²) in [5, 5.41) is 0. The molecule has 0 radical (unpaired) electrons. The van der Waals surface area contributed by atoms with Crippen molar-refractivity contribution in [1.29, 1.82) is 0 Å². The van der Waals surface area contributed by atoms with Gasteiger partial charge in [-0.15, -0.1) is 0 Å². The first kappa shape index (κ1) is 63.6. The van der Waals surface area contributed by atoms with E-state index < -0.39 is 6.10 Å². The van der Waals surface area contributed by atoms with Crippen LogP contribution in [0.25, 0.3) is 0 Å². The summed E-state index contributed by atoms with van der Waals surface area (Å²) in [6, 6.07) is 0. The van der Waals surface area contributed by atoms with E-state index in [0.717, 1.165) is 70.6 Å². The highest BCUT2D eigenvalue weighted by atomic mass is 16.6. The van der Waals surface area contributed by atoms with E-state index in [1.165, 1.54) is 199 Å². The Bertz CT molecular complexity index is 1110. The van der Waals surface area contributed by atoms with Crippen LogP contribution in [0.2, 0.25) is 0 Å². The maximum absolute atomic E-state index is 12.8. The molecule has 0 spiro atoms. The summed E-state index contributed by atoms with van der Waals surface area (Å²) in [6.45, 7) is 6.64. The average Bonchev–Trinajstić information content (AvgIpc) is 3.31. The van der Waals surface area contributed by atoms with E-state index in [0.29, 0.717) is 19.3 Å². The average molecular weight is 928 g/mol. The van der Waals surface area contributed by atoms with Crippen molar-refractivity contribution >= 4 is 17.9 Å². The van der Waals surface area contributed by atoms with Gasteiger partial charge >= 0.3 is 17.9 Å². The lowest BCUT2D eigenvalue weighted by Crippen LogP contribution is -2.30. The van der Waals surface area contributed by atoms with Gasteiger partial charge in [0, 0.05) is 19.3 Å². The van der Waals surface area contributed by atoms with Crippen molar-refractivity contribution in [1.82, 2.24) is 0 Å². The second kappa shape index (κ2) is 55.2. The minimum absolute atomic E-state index is 0.0731. The minimum atomic E-state index is -0.775. The fourth-order valence-electron chi connectivity index (χ4n) is 8.47. The fraction of sp³-hybridized carbons (Fsp3) is 0.850. The van der Waals surface area contributed by atoms with Gasteiger partial charge in [-0.1, -0.05) is 250 Å². The molecule has 0 heterocycles. The van der Waals surface area contributed by atoms with E-state index in [-0.39, 0.29) is 31.1 Å². The Balaban J connectivity index is 4.34. The molecular formula is C60H110O6. The van der Waals surface area contributed by atoms with E-state index in [4.69, 9.17) is 14.2 Å². The number of hydrogen-bond donors (Lipinski definition) is 0. The van der Waals surface area contributed by atoms with Crippen LogP contribution in [0.3, 0.4) is 0 Å². The summed E-state index contributed by atoms with van der Waals surface area (Å²) >= 11 is 0. The number of unbranched alkanes of at least 4 members (excludes halogenated alkanes) is 36. The zero-order valence-electron chi connectivity index (χ0n) is 44.2. The van der Waals surface area contributed by atoms with Crippen molar-refractivity contribution in [3.05, 3.63) is 36.5 Å². The third kappa shape index (κ3) is 52.6. The molecule has 1 atom stereocenters. The molecule has 6 nitrogen and oxygen atoms in total. The Morgan fingerprint density at radius 1 is 0.303 bits per heavy atom. The van der Waals surface area contributed by atoms with Gasteiger partial charge in [0.1, 0.15) is 13.2 Å². The predicted molar refractivity (Wildman–Crippen MR) is 284 cm³/mol. The Morgan fingerprint density at radius 2 is 0.545 bits per heavy atom. The zero-order chi connectivity index (χ0) is 47.9. The molecule has 0 aromatic rings. The maximum Gasteiger partial charge on any atom is 0.306 e. The molecule has 66 heavy (non-hydrogen) atoms. The zero-order valence-corrected chi connectivity index (χ0v) is 44.2. The standard InChI is InChI=1S/C60H110O6/c1-4-7-10-13-16-19-22-25-27-29-30-31-33-35-38-41-44-47-50-53-59(62)65-56-57(55-64-58(61)52-49-46-43-40-37-34-24-21-18-15-12-9-6-3)66-60(63)54-51-48-45-42-39-36-32-28-26-23-20-17-14-11-8-5-2/h16,19,25,27-28,32,57H,4-15,17-18,20-24,26,29-31,33-56H2,1-3H3/b19-16-,27-25-,32-28-. The molecule has 0 fully saturated rings. The van der Waals surface area contributed by atoms with E-state index in [9.17, 15) is 14.4 Å². The van der Waals surface area contributed by atoms with Crippen LogP contribution in [0.4, 0.5) is 0 Å². The molecule has 6 heteroatoms. The lowest BCUT2D eigenvalue weighted by Gasteiger charge is -2.18. The number of rotatable bonds is 53. The molecule has 0 saturated carbocycles. The Kier molecular flexibility index (Phi) is 53.2. The maximum atomic E-state index is 12.8. The summed E-state index contributed by atoms with van der Waals surface area (Å²) in [5.74, 6) is -0.869. The molecule has 0 saturated heterocycles. The van der Waals surface area contributed by atoms with Crippen molar-refractivity contribution in [2.45, 2.75) is 316 Å². The van der Waals surface area contributed by atoms with E-state index in [1.807, 2.05) is 0 Å². The van der Waals surface area contributed by atoms with Crippen LogP contribution < -0.4 is 0 Å². The Labute approximate surface area is 410 Å². The summed E-state index contributed by atoms with van der Waals surface area (Å²) < 4.78 is 16.9. The Hall–Kier alpha value is -2.37. The number of hydrogen-bond acceptors (Lipinski definition) is 6. The third-order valence-electron chi connectivity index (χ3n) is 12.9. The number of ether oxygens (including phenoxy) is 3. The monoisotopic (exact) mass is 927 g/mol. The highest BCUT2D eigenvalue weighted by Gasteiger charge is 2.19. The van der Waals surface area contributed by atoms with Gasteiger partial charge in [0.25, 0.3) is 0 Å². The van der Waals surface area contributed by atoms with Crippen molar-refractivity contribution in [2.24, 2.45) is 0 Å². The number of esters is 3. The highest BCUT2D eigenvalue weighted by molar-refractivity contribution is 5.71. The van der Waals surface area contributed by atoms with E-state index in [1.54, 1.807) is 0 Å². The lowest BCUT2D eigenvalue weighted by atomic mass is 10.0. The van der Waals surface area contributed by atoms with Crippen LogP contribution in [0.1, 0.15) is 310 Å². The second-order valence-corrected chi connectivity index (χ2v) is 19.6. The summed E-state index contributed by atoms with van der Waals surface area (Å²) in [5.41, 5.74) is 0. The first-order valence-corrected chi connectivity index (χ1v) is 29.0. The fourth-order valence-corrected chi connectivity index (χ4v) is 8.47. The molecule has 0 aliphatic carbocycles. The molecule has 386 valence electrons. The number of allylic oxidation sites excluding steroid dienone is 6. The number of carbonyl (C=O) groups is 3. The van der Waals surface area contributed by atoms with Gasteiger partial charge in [-0.3, -0.25) is 14.4 Å². The van der Waals surface area contributed by atoms with Crippen molar-refractivity contribution in [2.75, 3.05) is 13.2 Å². The molecule has 0 N–H and O–H groups in total. The smallest absolute Gasteiger partial charge is 0.306 e. The molecule has 0 aliphatic rings. The van der Waals surface area contributed by atoms with Crippen molar-refractivity contribution < 1.29 is 28.6 Å². The first-order valence-electron chi connectivity index (χ1n) is 29.0. The van der Waals surface area contributed by atoms with Crippen LogP contribution >= 0.6 is 0 Å². The second-order valence-electron chi connectivity index (χ2n) is 19.6. The quantitative estimate of drug-likeness (QED) is 0.0262. The van der Waals surface area contributed by atoms with Gasteiger partial charge in [-0.05, 0) is 77.0 Å². The van der Waals surface area contributed by atoms with Crippen molar-refractivity contribution in [3.8, 4) is 0 Å². The summed E-state index contributed by atoms with van der Waals surface area (Å²) in [7, 11) is 0. The predicted octanol–water partition coefficient (Wildman–Crippen LogP) is 19.3. The highest BCUT2D eigenvalue weighted by Crippen LogP contribution is 2.16. The van der Waals surface area contributed by atoms with Gasteiger partial charge in [-0.2, -0.15) is 0 Å². The molecule has 0 amide bonds. The largest absolute Gasteiger partial charge is 0.462 e. The summed E-state index contributed by atoms with van der Waals surface area (Å²) in [6.07, 6.45) is 65.6. The summed E-state index contributed by atoms with van der Waals surface area (Å²) in [4.78, 5) is 38.1. The molecular weight excluding hydrogens is 817 g/mol. The van der Waals surface area contributed by atoms with Crippen LogP contribution in [-0.2, 0) is 28.6 Å².